The zero-order valence-electron chi connectivity index (χ0n) is 12.2. The molecular formula is C15H30N2O. The molecule has 0 radical (unpaired) electrons. The molecule has 0 spiro atoms. The predicted molar refractivity (Wildman–Crippen MR) is 75.9 cm³/mol. The van der Waals surface area contributed by atoms with Crippen LogP contribution in [0.1, 0.15) is 45.4 Å². The van der Waals surface area contributed by atoms with E-state index in [0.717, 1.165) is 5.92 Å². The van der Waals surface area contributed by atoms with Gasteiger partial charge in [0, 0.05) is 13.1 Å². The molecule has 0 bridgehead atoms. The average molecular weight is 254 g/mol. The van der Waals surface area contributed by atoms with E-state index in [4.69, 9.17) is 4.74 Å². The topological polar surface area (TPSA) is 24.5 Å². The lowest BCUT2D eigenvalue weighted by Crippen LogP contribution is -2.39. The van der Waals surface area contributed by atoms with Crippen LogP contribution < -0.4 is 5.32 Å². The van der Waals surface area contributed by atoms with Crippen molar-refractivity contribution < 1.29 is 4.74 Å². The van der Waals surface area contributed by atoms with Crippen LogP contribution in [0, 0.1) is 5.92 Å². The smallest absolute Gasteiger partial charge is 0.0603 e. The first-order valence-electron chi connectivity index (χ1n) is 7.84. The lowest BCUT2D eigenvalue weighted by molar-refractivity contribution is -0.0601. The molecule has 3 nitrogen and oxygen atoms in total. The lowest BCUT2D eigenvalue weighted by Gasteiger charge is -2.35. The number of hydrogen-bond donors (Lipinski definition) is 1. The monoisotopic (exact) mass is 254 g/mol. The normalized spacial score (nSPS) is 31.7. The summed E-state index contributed by atoms with van der Waals surface area (Å²) < 4.78 is 6.30. The fraction of sp³-hybridized carbons (Fsp3) is 1.00. The van der Waals surface area contributed by atoms with E-state index in [1.165, 1.54) is 64.7 Å². The number of piperidine rings is 1. The molecule has 1 aliphatic carbocycles. The summed E-state index contributed by atoms with van der Waals surface area (Å²) in [6.07, 6.45) is 8.82. The maximum absolute atomic E-state index is 6.30. The van der Waals surface area contributed by atoms with Crippen molar-refractivity contribution in [1.82, 2.24) is 10.2 Å². The van der Waals surface area contributed by atoms with Crippen molar-refractivity contribution in [2.45, 2.75) is 57.7 Å². The minimum atomic E-state index is 0.540. The van der Waals surface area contributed by atoms with Crippen LogP contribution in [0.3, 0.4) is 0 Å². The molecule has 0 atom stereocenters. The summed E-state index contributed by atoms with van der Waals surface area (Å²) in [5, 5.41) is 3.30. The van der Waals surface area contributed by atoms with Gasteiger partial charge in [-0.15, -0.1) is 0 Å². The molecule has 106 valence electrons. The van der Waals surface area contributed by atoms with Gasteiger partial charge >= 0.3 is 0 Å². The van der Waals surface area contributed by atoms with Crippen LogP contribution in [-0.2, 0) is 4.74 Å². The number of hydrogen-bond acceptors (Lipinski definition) is 3. The van der Waals surface area contributed by atoms with E-state index in [0.29, 0.717) is 12.2 Å². The molecule has 2 rings (SSSR count). The Bertz CT molecular complexity index is 219. The summed E-state index contributed by atoms with van der Waals surface area (Å²) >= 11 is 0. The van der Waals surface area contributed by atoms with Gasteiger partial charge in [0.05, 0.1) is 12.2 Å². The average Bonchev–Trinajstić information content (AvgIpc) is 2.42. The zero-order chi connectivity index (χ0) is 12.8. The molecule has 3 heteroatoms. The molecule has 2 fully saturated rings. The Labute approximate surface area is 112 Å². The van der Waals surface area contributed by atoms with Crippen molar-refractivity contribution in [3.63, 3.8) is 0 Å². The molecule has 0 unspecified atom stereocenters. The largest absolute Gasteiger partial charge is 0.375 e. The molecule has 1 saturated heterocycles. The van der Waals surface area contributed by atoms with Gasteiger partial charge in [-0.05, 0) is 64.6 Å². The Hall–Kier alpha value is -0.120. The Morgan fingerprint density at radius 2 is 1.61 bits per heavy atom. The van der Waals surface area contributed by atoms with Gasteiger partial charge in [-0.1, -0.05) is 6.92 Å². The lowest BCUT2D eigenvalue weighted by atomic mass is 9.87. The molecule has 0 aromatic heterocycles. The Morgan fingerprint density at radius 1 is 1.00 bits per heavy atom. The highest BCUT2D eigenvalue weighted by Crippen LogP contribution is 2.28. The SMILES string of the molecule is CCN1CCC(OC2CCC(CNC)CC2)CC1. The van der Waals surface area contributed by atoms with E-state index in [2.05, 4.69) is 24.2 Å². The molecule has 1 N–H and O–H groups in total. The highest BCUT2D eigenvalue weighted by atomic mass is 16.5. The standard InChI is InChI=1S/C15H30N2O/c1-3-17-10-8-15(9-11-17)18-14-6-4-13(5-7-14)12-16-2/h13-16H,3-12H2,1-2H3. The third kappa shape index (κ3) is 4.22. The summed E-state index contributed by atoms with van der Waals surface area (Å²) in [7, 11) is 2.06. The van der Waals surface area contributed by atoms with Gasteiger partial charge < -0.3 is 15.0 Å². The molecule has 1 aliphatic heterocycles. The maximum Gasteiger partial charge on any atom is 0.0603 e. The van der Waals surface area contributed by atoms with Crippen molar-refractivity contribution >= 4 is 0 Å². The molecule has 0 aromatic carbocycles. The van der Waals surface area contributed by atoms with E-state index in [9.17, 15) is 0 Å². The first-order chi connectivity index (χ1) is 8.81. The van der Waals surface area contributed by atoms with Gasteiger partial charge in [0.15, 0.2) is 0 Å². The van der Waals surface area contributed by atoms with Crippen molar-refractivity contribution in [2.75, 3.05) is 33.2 Å². The second kappa shape index (κ2) is 7.46. The van der Waals surface area contributed by atoms with E-state index >= 15 is 0 Å². The van der Waals surface area contributed by atoms with Gasteiger partial charge in [0.1, 0.15) is 0 Å². The van der Waals surface area contributed by atoms with Crippen LogP contribution in [0.4, 0.5) is 0 Å². The van der Waals surface area contributed by atoms with Gasteiger partial charge in [-0.25, -0.2) is 0 Å². The Kier molecular flexibility index (Phi) is 5.93. The third-order valence-corrected chi connectivity index (χ3v) is 4.65. The molecule has 18 heavy (non-hydrogen) atoms. The summed E-state index contributed by atoms with van der Waals surface area (Å²) in [6, 6.07) is 0. The van der Waals surface area contributed by atoms with Crippen LogP contribution in [0.15, 0.2) is 0 Å². The summed E-state index contributed by atoms with van der Waals surface area (Å²) in [5.41, 5.74) is 0. The van der Waals surface area contributed by atoms with Gasteiger partial charge in [0.2, 0.25) is 0 Å². The minimum Gasteiger partial charge on any atom is -0.375 e. The van der Waals surface area contributed by atoms with Gasteiger partial charge in [-0.2, -0.15) is 0 Å². The Balaban J connectivity index is 1.63. The second-order valence-electron chi connectivity index (χ2n) is 5.97. The summed E-state index contributed by atoms with van der Waals surface area (Å²) in [6.45, 7) is 7.10. The third-order valence-electron chi connectivity index (χ3n) is 4.65. The Morgan fingerprint density at radius 3 is 2.17 bits per heavy atom. The highest BCUT2D eigenvalue weighted by Gasteiger charge is 2.25. The van der Waals surface area contributed by atoms with Crippen molar-refractivity contribution in [3.05, 3.63) is 0 Å². The number of nitrogens with zero attached hydrogens (tertiary/aromatic N) is 1. The molecule has 0 aromatic rings. The number of ether oxygens (including phenoxy) is 1. The molecule has 2 aliphatic rings. The van der Waals surface area contributed by atoms with Crippen molar-refractivity contribution in [1.29, 1.82) is 0 Å². The van der Waals surface area contributed by atoms with Gasteiger partial charge in [-0.3, -0.25) is 0 Å². The van der Waals surface area contributed by atoms with Crippen LogP contribution in [0.5, 0.6) is 0 Å². The van der Waals surface area contributed by atoms with E-state index < -0.39 is 0 Å². The van der Waals surface area contributed by atoms with Crippen LogP contribution in [0.2, 0.25) is 0 Å². The summed E-state index contributed by atoms with van der Waals surface area (Å²) in [5.74, 6) is 0.886. The minimum absolute atomic E-state index is 0.540. The fourth-order valence-electron chi connectivity index (χ4n) is 3.39. The second-order valence-corrected chi connectivity index (χ2v) is 5.97. The predicted octanol–water partition coefficient (Wildman–Crippen LogP) is 2.27. The molecule has 1 saturated carbocycles. The quantitative estimate of drug-likeness (QED) is 0.814. The van der Waals surface area contributed by atoms with E-state index in [1.54, 1.807) is 0 Å². The van der Waals surface area contributed by atoms with Crippen molar-refractivity contribution in [2.24, 2.45) is 5.92 Å². The van der Waals surface area contributed by atoms with Gasteiger partial charge in [0.25, 0.3) is 0 Å². The van der Waals surface area contributed by atoms with E-state index in [1.807, 2.05) is 0 Å². The fourth-order valence-corrected chi connectivity index (χ4v) is 3.39. The first kappa shape index (κ1) is 14.3. The summed E-state index contributed by atoms with van der Waals surface area (Å²) in [4.78, 5) is 2.53. The van der Waals surface area contributed by atoms with Crippen LogP contribution in [0.25, 0.3) is 0 Å². The molecule has 1 heterocycles. The zero-order valence-corrected chi connectivity index (χ0v) is 12.2. The van der Waals surface area contributed by atoms with E-state index in [-0.39, 0.29) is 0 Å². The number of likely N-dealkylation sites (tertiary alicyclic amines) is 1. The van der Waals surface area contributed by atoms with Crippen LogP contribution in [-0.4, -0.2) is 50.3 Å². The molecular weight excluding hydrogens is 224 g/mol. The van der Waals surface area contributed by atoms with Crippen LogP contribution >= 0.6 is 0 Å². The number of nitrogens with one attached hydrogen (secondary N) is 1. The maximum atomic E-state index is 6.30. The van der Waals surface area contributed by atoms with Crippen molar-refractivity contribution in [3.8, 4) is 0 Å². The highest BCUT2D eigenvalue weighted by molar-refractivity contribution is 4.77. The first-order valence-corrected chi connectivity index (χ1v) is 7.84. The molecule has 0 amide bonds. The number of rotatable bonds is 5.